The molecule has 1 amide bonds. The molecule has 0 saturated heterocycles. The average molecular weight is 249 g/mol. The van der Waals surface area contributed by atoms with E-state index in [1.54, 1.807) is 12.1 Å². The normalized spacial score (nSPS) is 9.06. The number of amides is 1. The third-order valence-electron chi connectivity index (χ3n) is 2.16. The highest BCUT2D eigenvalue weighted by Gasteiger charge is 2.12. The Hall–Kier alpha value is -2.35. The fourth-order valence-corrected chi connectivity index (χ4v) is 1.39. The van der Waals surface area contributed by atoms with Crippen molar-refractivity contribution in [2.75, 3.05) is 21.3 Å². The predicted molar refractivity (Wildman–Crippen MR) is 66.8 cm³/mol. The molecule has 1 aromatic carbocycles. The molecule has 2 N–H and O–H groups in total. The maximum Gasteiger partial charge on any atom is 0.229 e. The Labute approximate surface area is 106 Å². The summed E-state index contributed by atoms with van der Waals surface area (Å²) in [6.45, 7) is 0. The summed E-state index contributed by atoms with van der Waals surface area (Å²) in [6, 6.07) is 3.41. The van der Waals surface area contributed by atoms with Crippen LogP contribution in [0.1, 0.15) is 12.0 Å². The Kier molecular flexibility index (Phi) is 4.88. The highest BCUT2D eigenvalue weighted by atomic mass is 16.5. The largest absolute Gasteiger partial charge is 0.493 e. The van der Waals surface area contributed by atoms with Crippen LogP contribution in [0, 0.1) is 11.8 Å². The van der Waals surface area contributed by atoms with E-state index in [1.807, 2.05) is 0 Å². The summed E-state index contributed by atoms with van der Waals surface area (Å²) in [5.41, 5.74) is 5.66. The molecule has 0 atom stereocenters. The van der Waals surface area contributed by atoms with Crippen molar-refractivity contribution in [3.8, 4) is 29.1 Å². The van der Waals surface area contributed by atoms with Crippen molar-refractivity contribution >= 4 is 5.91 Å². The van der Waals surface area contributed by atoms with Crippen molar-refractivity contribution in [2.45, 2.75) is 6.42 Å². The number of hydrogen-bond donors (Lipinski definition) is 1. The molecule has 0 aliphatic heterocycles. The lowest BCUT2D eigenvalue weighted by atomic mass is 10.2. The van der Waals surface area contributed by atoms with Crippen molar-refractivity contribution in [1.29, 1.82) is 0 Å². The fourth-order valence-electron chi connectivity index (χ4n) is 1.39. The van der Waals surface area contributed by atoms with Gasteiger partial charge in [0.25, 0.3) is 0 Å². The number of rotatable bonds is 4. The third kappa shape index (κ3) is 3.32. The summed E-state index contributed by atoms with van der Waals surface area (Å²) in [4.78, 5) is 10.6. The Morgan fingerprint density at radius 2 is 1.72 bits per heavy atom. The van der Waals surface area contributed by atoms with Crippen LogP contribution in [0.5, 0.6) is 17.2 Å². The Balaban J connectivity index is 3.13. The van der Waals surface area contributed by atoms with Gasteiger partial charge >= 0.3 is 0 Å². The number of benzene rings is 1. The van der Waals surface area contributed by atoms with E-state index in [0.29, 0.717) is 22.8 Å². The van der Waals surface area contributed by atoms with Crippen molar-refractivity contribution in [3.05, 3.63) is 17.7 Å². The molecule has 0 radical (unpaired) electrons. The standard InChI is InChI=1S/C13H15NO4/c1-16-10-7-9(5-4-6-12(14)15)8-11(17-2)13(10)18-3/h7-8H,6H2,1-3H3,(H2,14,15). The summed E-state index contributed by atoms with van der Waals surface area (Å²) in [7, 11) is 4.58. The van der Waals surface area contributed by atoms with Gasteiger partial charge in [0.15, 0.2) is 11.5 Å². The molecule has 0 unspecified atom stereocenters. The number of hydrogen-bond acceptors (Lipinski definition) is 4. The molecule has 0 aliphatic carbocycles. The topological polar surface area (TPSA) is 70.8 Å². The van der Waals surface area contributed by atoms with Crippen molar-refractivity contribution < 1.29 is 19.0 Å². The maximum absolute atomic E-state index is 10.6. The van der Waals surface area contributed by atoms with E-state index in [2.05, 4.69) is 11.8 Å². The number of nitrogens with two attached hydrogens (primary N) is 1. The fraction of sp³-hybridized carbons (Fsp3) is 0.308. The third-order valence-corrected chi connectivity index (χ3v) is 2.16. The van der Waals surface area contributed by atoms with E-state index < -0.39 is 5.91 Å². The van der Waals surface area contributed by atoms with Gasteiger partial charge < -0.3 is 19.9 Å². The zero-order valence-corrected chi connectivity index (χ0v) is 10.6. The van der Waals surface area contributed by atoms with Crippen LogP contribution in [0.4, 0.5) is 0 Å². The lowest BCUT2D eigenvalue weighted by Crippen LogP contribution is -2.08. The summed E-state index contributed by atoms with van der Waals surface area (Å²) < 4.78 is 15.5. The van der Waals surface area contributed by atoms with E-state index in [4.69, 9.17) is 19.9 Å². The lowest BCUT2D eigenvalue weighted by Gasteiger charge is -2.12. The molecule has 5 heteroatoms. The minimum absolute atomic E-state index is 0.0106. The second-order valence-electron chi connectivity index (χ2n) is 3.36. The Morgan fingerprint density at radius 1 is 1.17 bits per heavy atom. The van der Waals surface area contributed by atoms with Gasteiger partial charge in [0.2, 0.25) is 11.7 Å². The first kappa shape index (κ1) is 13.7. The number of methoxy groups -OCH3 is 3. The zero-order chi connectivity index (χ0) is 13.5. The first-order valence-corrected chi connectivity index (χ1v) is 5.19. The smallest absolute Gasteiger partial charge is 0.229 e. The van der Waals surface area contributed by atoms with Gasteiger partial charge in [-0.25, -0.2) is 0 Å². The summed E-state index contributed by atoms with van der Waals surface area (Å²) in [5.74, 6) is 6.54. The van der Waals surface area contributed by atoms with E-state index in [-0.39, 0.29) is 6.42 Å². The number of carbonyl (C=O) groups excluding carboxylic acids is 1. The van der Waals surface area contributed by atoms with Gasteiger partial charge in [0, 0.05) is 5.56 Å². The van der Waals surface area contributed by atoms with Gasteiger partial charge in [0.1, 0.15) is 0 Å². The minimum Gasteiger partial charge on any atom is -0.493 e. The van der Waals surface area contributed by atoms with Gasteiger partial charge in [-0.05, 0) is 12.1 Å². The molecule has 1 rings (SSSR count). The molecule has 5 nitrogen and oxygen atoms in total. The number of ether oxygens (including phenoxy) is 3. The first-order chi connectivity index (χ1) is 8.62. The van der Waals surface area contributed by atoms with E-state index in [0.717, 1.165) is 0 Å². The van der Waals surface area contributed by atoms with E-state index in [1.165, 1.54) is 21.3 Å². The Morgan fingerprint density at radius 3 is 2.11 bits per heavy atom. The molecule has 0 heterocycles. The Bertz CT molecular complexity index is 474. The van der Waals surface area contributed by atoms with Crippen LogP contribution in [-0.4, -0.2) is 27.2 Å². The van der Waals surface area contributed by atoms with Gasteiger partial charge in [-0.3, -0.25) is 4.79 Å². The van der Waals surface area contributed by atoms with Crippen molar-refractivity contribution in [3.63, 3.8) is 0 Å². The number of primary amides is 1. The van der Waals surface area contributed by atoms with Crippen LogP contribution in [0.2, 0.25) is 0 Å². The zero-order valence-electron chi connectivity index (χ0n) is 10.6. The average Bonchev–Trinajstić information content (AvgIpc) is 2.36. The molecule has 0 saturated carbocycles. The monoisotopic (exact) mass is 249 g/mol. The van der Waals surface area contributed by atoms with E-state index >= 15 is 0 Å². The van der Waals surface area contributed by atoms with Crippen LogP contribution < -0.4 is 19.9 Å². The second-order valence-corrected chi connectivity index (χ2v) is 3.36. The molecule has 1 aromatic rings. The van der Waals surface area contributed by atoms with Crippen LogP contribution in [0.3, 0.4) is 0 Å². The van der Waals surface area contributed by atoms with Crippen LogP contribution in [0.25, 0.3) is 0 Å². The second kappa shape index (κ2) is 6.40. The predicted octanol–water partition coefficient (Wildman–Crippen LogP) is 0.939. The molecular weight excluding hydrogens is 234 g/mol. The van der Waals surface area contributed by atoms with E-state index in [9.17, 15) is 4.79 Å². The van der Waals surface area contributed by atoms with Crippen molar-refractivity contribution in [2.24, 2.45) is 5.73 Å². The molecule has 0 fully saturated rings. The van der Waals surface area contributed by atoms with Gasteiger partial charge in [-0.1, -0.05) is 11.8 Å². The molecule has 18 heavy (non-hydrogen) atoms. The number of carbonyl (C=O) groups is 1. The SMILES string of the molecule is COc1cc(C#CCC(N)=O)cc(OC)c1OC. The highest BCUT2D eigenvalue weighted by molar-refractivity contribution is 5.76. The van der Waals surface area contributed by atoms with Crippen LogP contribution in [-0.2, 0) is 4.79 Å². The van der Waals surface area contributed by atoms with Crippen molar-refractivity contribution in [1.82, 2.24) is 0 Å². The maximum atomic E-state index is 10.6. The molecular formula is C13H15NO4. The summed E-state index contributed by atoms with van der Waals surface area (Å²) in [5, 5.41) is 0. The van der Waals surface area contributed by atoms with Gasteiger partial charge in [0.05, 0.1) is 27.8 Å². The quantitative estimate of drug-likeness (QED) is 0.806. The van der Waals surface area contributed by atoms with Crippen LogP contribution >= 0.6 is 0 Å². The highest BCUT2D eigenvalue weighted by Crippen LogP contribution is 2.37. The first-order valence-electron chi connectivity index (χ1n) is 5.19. The molecule has 96 valence electrons. The molecule has 0 spiro atoms. The van der Waals surface area contributed by atoms with Gasteiger partial charge in [-0.2, -0.15) is 0 Å². The van der Waals surface area contributed by atoms with Crippen LogP contribution in [0.15, 0.2) is 12.1 Å². The lowest BCUT2D eigenvalue weighted by molar-refractivity contribution is -0.117. The minimum atomic E-state index is -0.463. The molecule has 0 aromatic heterocycles. The van der Waals surface area contributed by atoms with Gasteiger partial charge in [-0.15, -0.1) is 0 Å². The molecule has 0 aliphatic rings. The molecule has 0 bridgehead atoms. The summed E-state index contributed by atoms with van der Waals surface area (Å²) >= 11 is 0. The summed E-state index contributed by atoms with van der Waals surface area (Å²) in [6.07, 6.45) is 0.0106.